The Bertz CT molecular complexity index is 2400. The molecule has 0 saturated carbocycles. The molecule has 8 nitrogen and oxygen atoms in total. The summed E-state index contributed by atoms with van der Waals surface area (Å²) in [6.45, 7) is 3.47. The first-order valence-corrected chi connectivity index (χ1v) is 20.5. The predicted octanol–water partition coefficient (Wildman–Crippen LogP) is 6.75. The average Bonchev–Trinajstić information content (AvgIpc) is 3.72. The van der Waals surface area contributed by atoms with E-state index in [1.54, 1.807) is 62.4 Å². The molecule has 2 aromatic heterocycles. The first-order chi connectivity index (χ1) is 26.8. The molecule has 2 heterocycles. The summed E-state index contributed by atoms with van der Waals surface area (Å²) in [7, 11) is 0. The summed E-state index contributed by atoms with van der Waals surface area (Å²) >= 11 is -0.517. The van der Waals surface area contributed by atoms with Crippen molar-refractivity contribution in [3.8, 4) is 11.4 Å². The van der Waals surface area contributed by atoms with Gasteiger partial charge in [-0.15, -0.1) is 0 Å². The summed E-state index contributed by atoms with van der Waals surface area (Å²) < 4.78 is 5.87. The fraction of sp³-hybridized carbons (Fsp3) is 0.0435. The number of aryl methyl sites for hydroxylation is 2. The summed E-state index contributed by atoms with van der Waals surface area (Å²) in [4.78, 5) is 50.0. The molecule has 0 atom stereocenters. The first kappa shape index (κ1) is 38.2. The van der Waals surface area contributed by atoms with Gasteiger partial charge in [0.15, 0.2) is 11.6 Å². The monoisotopic (exact) mass is 830 g/mol. The molecule has 0 amide bonds. The fourth-order valence-corrected chi connectivity index (χ4v) is 8.82. The first-order valence-electron chi connectivity index (χ1n) is 17.6. The van der Waals surface area contributed by atoms with Crippen molar-refractivity contribution in [2.24, 2.45) is 0 Å². The van der Waals surface area contributed by atoms with Crippen LogP contribution in [0.1, 0.15) is 43.2 Å². The van der Waals surface area contributed by atoms with Crippen LogP contribution in [0.5, 0.6) is 0 Å². The van der Waals surface area contributed by atoms with Gasteiger partial charge in [0.1, 0.15) is 11.1 Å². The van der Waals surface area contributed by atoms with Crippen molar-refractivity contribution in [1.29, 1.82) is 0 Å². The Morgan fingerprint density at radius 1 is 0.418 bits per heavy atom. The van der Waals surface area contributed by atoms with E-state index in [-0.39, 0.29) is 33.8 Å². The summed E-state index contributed by atoms with van der Waals surface area (Å²) in [6.07, 6.45) is 0. The Balaban J connectivity index is 0.000000145. The van der Waals surface area contributed by atoms with Crippen LogP contribution in [0, 0.1) is 13.8 Å². The molecule has 55 heavy (non-hydrogen) atoms. The maximum absolute atomic E-state index is 12.5. The van der Waals surface area contributed by atoms with Crippen LogP contribution in [-0.2, 0) is 0 Å². The zero-order valence-corrected chi connectivity index (χ0v) is 33.2. The molecule has 2 N–H and O–H groups in total. The standard InChI is InChI=1S/2C17H14N2O2.2C6H5.Sn/c2*1-12-15(16(20)13-8-4-2-5-9-13)17(21)19(18-12)14-10-6-3-7-11-14;2*1-2-4-6-5-3-1;/h2*2-11,18H,1H3;2*1-5H;. The van der Waals surface area contributed by atoms with Gasteiger partial charge < -0.3 is 0 Å². The molecule has 0 aliphatic heterocycles. The summed E-state index contributed by atoms with van der Waals surface area (Å²) in [5.41, 5.74) is 3.29. The molecule has 2 radical (unpaired) electrons. The normalized spacial score (nSPS) is 10.4. The number of para-hydroxylation sites is 2. The zero-order valence-electron chi connectivity index (χ0n) is 30.3. The minimum absolute atomic E-state index is 0.185. The van der Waals surface area contributed by atoms with E-state index in [2.05, 4.69) is 70.9 Å². The molecular formula is C46H38N4O4Sn. The zero-order chi connectivity index (χ0) is 38.6. The van der Waals surface area contributed by atoms with Crippen LogP contribution in [0.15, 0.2) is 192 Å². The third-order valence-corrected chi connectivity index (χ3v) is 12.1. The summed E-state index contributed by atoms with van der Waals surface area (Å²) in [5.74, 6) is -0.520. The van der Waals surface area contributed by atoms with Gasteiger partial charge in [0.05, 0.1) is 11.4 Å². The van der Waals surface area contributed by atoms with Crippen molar-refractivity contribution in [3.05, 3.63) is 236 Å². The molecule has 0 bridgehead atoms. The molecule has 0 spiro atoms. The van der Waals surface area contributed by atoms with E-state index in [0.29, 0.717) is 33.9 Å². The van der Waals surface area contributed by atoms with Crippen molar-refractivity contribution in [2.45, 2.75) is 13.8 Å². The van der Waals surface area contributed by atoms with E-state index in [4.69, 9.17) is 0 Å². The van der Waals surface area contributed by atoms with Gasteiger partial charge in [0.2, 0.25) is 0 Å². The molecule has 0 unspecified atom stereocenters. The van der Waals surface area contributed by atoms with Gasteiger partial charge in [0, 0.05) is 22.5 Å². The van der Waals surface area contributed by atoms with Gasteiger partial charge in [0.25, 0.3) is 11.1 Å². The predicted molar refractivity (Wildman–Crippen MR) is 220 cm³/mol. The number of nitrogens with one attached hydrogen (secondary N) is 2. The number of benzene rings is 6. The molecule has 9 heteroatoms. The Hall–Kier alpha value is -6.52. The van der Waals surface area contributed by atoms with Gasteiger partial charge in [-0.1, -0.05) is 97.1 Å². The van der Waals surface area contributed by atoms with Crippen LogP contribution in [0.3, 0.4) is 0 Å². The van der Waals surface area contributed by atoms with Crippen LogP contribution < -0.4 is 18.3 Å². The molecule has 0 aliphatic carbocycles. The molecule has 0 fully saturated rings. The Morgan fingerprint density at radius 2 is 0.691 bits per heavy atom. The number of carbonyl (C=O) groups excluding carboxylic acids is 2. The van der Waals surface area contributed by atoms with E-state index in [1.807, 2.05) is 72.8 Å². The number of aromatic amines is 2. The number of H-pyrrole nitrogens is 2. The Kier molecular flexibility index (Phi) is 12.8. The van der Waals surface area contributed by atoms with Crippen molar-refractivity contribution in [1.82, 2.24) is 19.6 Å². The van der Waals surface area contributed by atoms with Gasteiger partial charge in [-0.25, -0.2) is 9.36 Å². The molecule has 8 rings (SSSR count). The Morgan fingerprint density at radius 3 is 1.00 bits per heavy atom. The third-order valence-electron chi connectivity index (χ3n) is 8.53. The van der Waals surface area contributed by atoms with E-state index in [9.17, 15) is 19.2 Å². The molecular weight excluding hydrogens is 791 g/mol. The van der Waals surface area contributed by atoms with E-state index >= 15 is 0 Å². The SMILES string of the molecule is Cc1[nH]n(-c2ccccc2)c(=O)c1C(=O)c1ccccc1.Cc1[nH]n(-c2ccccc2)c(=O)c1C(=O)c1ccccc1.c1cc[c]([Sn][c]2ccccc2)cc1. The quantitative estimate of drug-likeness (QED) is 0.131. The number of aromatic nitrogens is 4. The van der Waals surface area contributed by atoms with Gasteiger partial charge in [-0.05, 0) is 38.1 Å². The fourth-order valence-electron chi connectivity index (χ4n) is 5.82. The van der Waals surface area contributed by atoms with Crippen molar-refractivity contribution in [3.63, 3.8) is 0 Å². The van der Waals surface area contributed by atoms with Gasteiger partial charge >= 0.3 is 89.0 Å². The molecule has 270 valence electrons. The van der Waals surface area contributed by atoms with Crippen molar-refractivity contribution >= 4 is 39.9 Å². The van der Waals surface area contributed by atoms with Crippen LogP contribution in [0.25, 0.3) is 11.4 Å². The van der Waals surface area contributed by atoms with Gasteiger partial charge in [-0.2, -0.15) is 0 Å². The number of carbonyl (C=O) groups is 2. The molecule has 0 saturated heterocycles. The van der Waals surface area contributed by atoms with Gasteiger partial charge in [-0.3, -0.25) is 29.4 Å². The summed E-state index contributed by atoms with van der Waals surface area (Å²) in [6, 6.07) is 57.6. The van der Waals surface area contributed by atoms with Crippen LogP contribution in [0.4, 0.5) is 0 Å². The van der Waals surface area contributed by atoms with E-state index < -0.39 is 21.1 Å². The molecule has 0 aliphatic rings. The number of ketones is 2. The topological polar surface area (TPSA) is 110 Å². The van der Waals surface area contributed by atoms with Crippen LogP contribution >= 0.6 is 0 Å². The second kappa shape index (κ2) is 18.5. The number of rotatable bonds is 8. The second-order valence-electron chi connectivity index (χ2n) is 12.4. The van der Waals surface area contributed by atoms with E-state index in [0.717, 1.165) is 0 Å². The number of hydrogen-bond donors (Lipinski definition) is 2. The van der Waals surface area contributed by atoms with E-state index in [1.165, 1.54) is 16.5 Å². The van der Waals surface area contributed by atoms with Crippen molar-refractivity contribution in [2.75, 3.05) is 0 Å². The molecule has 8 aromatic rings. The van der Waals surface area contributed by atoms with Crippen LogP contribution in [0.2, 0.25) is 0 Å². The Labute approximate surface area is 329 Å². The maximum atomic E-state index is 12.5. The minimum atomic E-state index is -0.517. The molecule has 6 aromatic carbocycles. The van der Waals surface area contributed by atoms with Crippen LogP contribution in [-0.4, -0.2) is 52.3 Å². The third kappa shape index (κ3) is 9.54. The average molecular weight is 830 g/mol. The number of hydrogen-bond acceptors (Lipinski definition) is 4. The summed E-state index contributed by atoms with van der Waals surface area (Å²) in [5, 5.41) is 5.93. The second-order valence-corrected chi connectivity index (χ2v) is 16.4. The van der Waals surface area contributed by atoms with Crippen molar-refractivity contribution < 1.29 is 9.59 Å². The number of nitrogens with zero attached hydrogens (tertiary/aromatic N) is 2.